The predicted molar refractivity (Wildman–Crippen MR) is 69.5 cm³/mol. The topological polar surface area (TPSA) is 44.5 Å². The quantitative estimate of drug-likeness (QED) is 0.799. The Labute approximate surface area is 103 Å². The van der Waals surface area contributed by atoms with Gasteiger partial charge in [-0.15, -0.1) is 0 Å². The van der Waals surface area contributed by atoms with Gasteiger partial charge in [-0.2, -0.15) is 0 Å². The minimum Gasteiger partial charge on any atom is -0.475 e. The van der Waals surface area contributed by atoms with Crippen molar-refractivity contribution in [3.63, 3.8) is 0 Å². The molecule has 3 nitrogen and oxygen atoms in total. The standard InChI is InChI=1S/C12H19FNO2P/c1-15-12(11(14)8-13)9-4-6-10(7-5-9)16-17(2)3/h4-7,11-12H,8,14H2,1-3H3. The van der Waals surface area contributed by atoms with Gasteiger partial charge in [0.15, 0.2) is 0 Å². The van der Waals surface area contributed by atoms with Gasteiger partial charge < -0.3 is 15.0 Å². The van der Waals surface area contributed by atoms with Gasteiger partial charge in [0.1, 0.15) is 12.4 Å². The highest BCUT2D eigenvalue weighted by Gasteiger charge is 2.19. The summed E-state index contributed by atoms with van der Waals surface area (Å²) in [6.45, 7) is 3.45. The molecule has 17 heavy (non-hydrogen) atoms. The van der Waals surface area contributed by atoms with Crippen molar-refractivity contribution in [2.45, 2.75) is 12.1 Å². The second kappa shape index (κ2) is 6.90. The van der Waals surface area contributed by atoms with E-state index < -0.39 is 27.0 Å². The van der Waals surface area contributed by atoms with Crippen molar-refractivity contribution < 1.29 is 13.7 Å². The fraction of sp³-hybridized carbons (Fsp3) is 0.500. The first-order valence-electron chi connectivity index (χ1n) is 5.38. The SMILES string of the molecule is COC(c1ccc(OP(C)C)cc1)C(N)CF. The average Bonchev–Trinajstić information content (AvgIpc) is 2.31. The molecule has 1 aromatic rings. The van der Waals surface area contributed by atoms with Crippen LogP contribution in [0.3, 0.4) is 0 Å². The number of alkyl halides is 1. The van der Waals surface area contributed by atoms with E-state index in [1.54, 1.807) is 0 Å². The second-order valence-electron chi connectivity index (χ2n) is 3.95. The number of ether oxygens (including phenoxy) is 1. The molecule has 1 rings (SSSR count). The van der Waals surface area contributed by atoms with Gasteiger partial charge in [-0.05, 0) is 31.0 Å². The summed E-state index contributed by atoms with van der Waals surface area (Å²) in [6, 6.07) is 6.79. The molecule has 0 saturated heterocycles. The smallest absolute Gasteiger partial charge is 0.123 e. The summed E-state index contributed by atoms with van der Waals surface area (Å²) in [5, 5.41) is 0. The number of benzene rings is 1. The van der Waals surface area contributed by atoms with Crippen LogP contribution < -0.4 is 10.3 Å². The number of methoxy groups -OCH3 is 1. The van der Waals surface area contributed by atoms with Gasteiger partial charge in [-0.1, -0.05) is 12.1 Å². The summed E-state index contributed by atoms with van der Waals surface area (Å²) in [5.41, 5.74) is 6.51. The maximum absolute atomic E-state index is 12.5. The molecule has 5 heteroatoms. The van der Waals surface area contributed by atoms with E-state index in [4.69, 9.17) is 15.0 Å². The highest BCUT2D eigenvalue weighted by Crippen LogP contribution is 2.31. The van der Waals surface area contributed by atoms with Gasteiger partial charge in [0.25, 0.3) is 0 Å². The lowest BCUT2D eigenvalue weighted by atomic mass is 10.0. The molecule has 1 aromatic carbocycles. The van der Waals surface area contributed by atoms with Crippen molar-refractivity contribution in [3.05, 3.63) is 29.8 Å². The Morgan fingerprint density at radius 3 is 2.29 bits per heavy atom. The Bertz CT molecular complexity index is 332. The highest BCUT2D eigenvalue weighted by atomic mass is 31.1. The maximum Gasteiger partial charge on any atom is 0.123 e. The van der Waals surface area contributed by atoms with Crippen molar-refractivity contribution in [1.29, 1.82) is 0 Å². The summed E-state index contributed by atoms with van der Waals surface area (Å²) in [4.78, 5) is 0. The van der Waals surface area contributed by atoms with Gasteiger partial charge >= 0.3 is 0 Å². The lowest BCUT2D eigenvalue weighted by Gasteiger charge is -2.21. The third kappa shape index (κ3) is 4.23. The number of hydrogen-bond acceptors (Lipinski definition) is 3. The third-order valence-corrected chi connectivity index (χ3v) is 2.89. The molecule has 2 unspecified atom stereocenters. The van der Waals surface area contributed by atoms with Gasteiger partial charge in [0, 0.05) is 7.11 Å². The lowest BCUT2D eigenvalue weighted by molar-refractivity contribution is 0.0720. The molecule has 2 N–H and O–H groups in total. The largest absolute Gasteiger partial charge is 0.475 e. The average molecular weight is 259 g/mol. The zero-order chi connectivity index (χ0) is 12.8. The summed E-state index contributed by atoms with van der Waals surface area (Å²) in [7, 11) is 1.09. The van der Waals surface area contributed by atoms with Crippen LogP contribution in [0.25, 0.3) is 0 Å². The second-order valence-corrected chi connectivity index (χ2v) is 5.75. The van der Waals surface area contributed by atoms with E-state index in [2.05, 4.69) is 0 Å². The van der Waals surface area contributed by atoms with Gasteiger partial charge in [-0.3, -0.25) is 0 Å². The minimum absolute atomic E-state index is 0.418. The third-order valence-electron chi connectivity index (χ3n) is 2.32. The van der Waals surface area contributed by atoms with Gasteiger partial charge in [0.2, 0.25) is 0 Å². The molecular weight excluding hydrogens is 240 g/mol. The van der Waals surface area contributed by atoms with E-state index in [0.717, 1.165) is 11.3 Å². The molecule has 0 bridgehead atoms. The number of hydrogen-bond donors (Lipinski definition) is 1. The first-order chi connectivity index (χ1) is 8.08. The number of nitrogens with two attached hydrogens (primary N) is 1. The molecule has 0 aliphatic heterocycles. The molecule has 0 amide bonds. The van der Waals surface area contributed by atoms with Crippen LogP contribution in [-0.4, -0.2) is 33.2 Å². The first-order valence-corrected chi connectivity index (χ1v) is 7.53. The van der Waals surface area contributed by atoms with E-state index in [0.29, 0.717) is 0 Å². The molecule has 0 radical (unpaired) electrons. The molecule has 0 aromatic heterocycles. The van der Waals surface area contributed by atoms with Crippen molar-refractivity contribution in [2.24, 2.45) is 5.73 Å². The Hall–Kier alpha value is -0.700. The van der Waals surface area contributed by atoms with Gasteiger partial charge in [0.05, 0.1) is 20.3 Å². The maximum atomic E-state index is 12.5. The van der Waals surface area contributed by atoms with Crippen LogP contribution >= 0.6 is 8.15 Å². The summed E-state index contributed by atoms with van der Waals surface area (Å²) in [5.74, 6) is 0.813. The molecule has 0 saturated carbocycles. The van der Waals surface area contributed by atoms with Crippen molar-refractivity contribution >= 4 is 8.15 Å². The molecule has 0 fully saturated rings. The normalized spacial score (nSPS) is 14.7. The van der Waals surface area contributed by atoms with Crippen LogP contribution in [0.4, 0.5) is 4.39 Å². The van der Waals surface area contributed by atoms with E-state index in [-0.39, 0.29) is 0 Å². The van der Waals surface area contributed by atoms with Crippen LogP contribution in [0.1, 0.15) is 11.7 Å². The van der Waals surface area contributed by atoms with Crippen LogP contribution in [-0.2, 0) is 4.74 Å². The summed E-state index contributed by atoms with van der Waals surface area (Å²) < 4.78 is 23.3. The molecule has 2 atom stereocenters. The Kier molecular flexibility index (Phi) is 5.83. The molecule has 0 spiro atoms. The fourth-order valence-corrected chi connectivity index (χ4v) is 2.11. The van der Waals surface area contributed by atoms with Crippen LogP contribution in [0.2, 0.25) is 0 Å². The molecule has 0 aliphatic rings. The zero-order valence-corrected chi connectivity index (χ0v) is 11.3. The fourth-order valence-electron chi connectivity index (χ4n) is 1.57. The van der Waals surface area contributed by atoms with E-state index >= 15 is 0 Å². The predicted octanol–water partition coefficient (Wildman–Crippen LogP) is 2.71. The van der Waals surface area contributed by atoms with E-state index in [1.807, 2.05) is 37.6 Å². The molecule has 0 aliphatic carbocycles. The Morgan fingerprint density at radius 1 is 1.29 bits per heavy atom. The van der Waals surface area contributed by atoms with Crippen LogP contribution in [0.5, 0.6) is 5.75 Å². The zero-order valence-electron chi connectivity index (χ0n) is 10.4. The summed E-state index contributed by atoms with van der Waals surface area (Å²) >= 11 is 0. The number of halogens is 1. The van der Waals surface area contributed by atoms with Crippen molar-refractivity contribution in [3.8, 4) is 5.75 Å². The van der Waals surface area contributed by atoms with Crippen LogP contribution in [0.15, 0.2) is 24.3 Å². The molecular formula is C12H19FNO2P. The Balaban J connectivity index is 2.77. The van der Waals surface area contributed by atoms with Crippen molar-refractivity contribution in [2.75, 3.05) is 27.1 Å². The first kappa shape index (κ1) is 14.4. The van der Waals surface area contributed by atoms with E-state index in [1.165, 1.54) is 7.11 Å². The molecule has 0 heterocycles. The number of rotatable bonds is 6. The van der Waals surface area contributed by atoms with E-state index in [9.17, 15) is 4.39 Å². The monoisotopic (exact) mass is 259 g/mol. The van der Waals surface area contributed by atoms with Crippen LogP contribution in [0, 0.1) is 0 Å². The lowest BCUT2D eigenvalue weighted by Crippen LogP contribution is -2.31. The Morgan fingerprint density at radius 2 is 1.88 bits per heavy atom. The van der Waals surface area contributed by atoms with Gasteiger partial charge in [-0.25, -0.2) is 4.39 Å². The summed E-state index contributed by atoms with van der Waals surface area (Å²) in [6.07, 6.45) is -0.418. The molecule has 96 valence electrons. The van der Waals surface area contributed by atoms with Crippen molar-refractivity contribution in [1.82, 2.24) is 0 Å². The minimum atomic E-state index is -0.638. The highest BCUT2D eigenvalue weighted by molar-refractivity contribution is 7.51.